The molecule has 0 aliphatic rings. The van der Waals surface area contributed by atoms with Crippen LogP contribution in [0.3, 0.4) is 0 Å². The van der Waals surface area contributed by atoms with Crippen LogP contribution in [-0.4, -0.2) is 15.7 Å². The first-order chi connectivity index (χ1) is 3.98. The van der Waals surface area contributed by atoms with Gasteiger partial charge in [0.05, 0.1) is 5.76 Å². The zero-order chi connectivity index (χ0) is 7.49. The van der Waals surface area contributed by atoms with Crippen molar-refractivity contribution in [2.45, 2.75) is 20.0 Å². The van der Waals surface area contributed by atoms with Crippen molar-refractivity contribution >= 4 is 8.56 Å². The van der Waals surface area contributed by atoms with Crippen LogP contribution in [-0.2, 0) is 8.85 Å². The Bertz CT molecular complexity index is 110. The lowest BCUT2D eigenvalue weighted by Crippen LogP contribution is -2.32. The second-order valence-electron chi connectivity index (χ2n) is 2.41. The third kappa shape index (κ3) is 4.24. The second kappa shape index (κ2) is 3.03. The molecule has 54 valence electrons. The molecule has 0 rings (SSSR count). The van der Waals surface area contributed by atoms with Crippen LogP contribution in [0.1, 0.15) is 6.92 Å². The van der Waals surface area contributed by atoms with Crippen molar-refractivity contribution in [2.24, 2.45) is 0 Å². The molecule has 0 unspecified atom stereocenters. The van der Waals surface area contributed by atoms with Crippen molar-refractivity contribution in [3.8, 4) is 0 Å². The molecule has 0 heterocycles. The van der Waals surface area contributed by atoms with Crippen molar-refractivity contribution in [3.63, 3.8) is 0 Å². The molecule has 0 amide bonds. The van der Waals surface area contributed by atoms with Crippen LogP contribution >= 0.6 is 0 Å². The van der Waals surface area contributed by atoms with Crippen molar-refractivity contribution in [2.75, 3.05) is 7.11 Å². The first kappa shape index (κ1) is 8.72. The number of allylic oxidation sites excluding steroid dienone is 1. The van der Waals surface area contributed by atoms with Gasteiger partial charge >= 0.3 is 8.56 Å². The molecule has 0 aromatic heterocycles. The van der Waals surface area contributed by atoms with E-state index < -0.39 is 8.56 Å². The Morgan fingerprint density at radius 2 is 1.89 bits per heavy atom. The summed E-state index contributed by atoms with van der Waals surface area (Å²) in [6, 6.07) is 0. The molecule has 0 aromatic carbocycles. The molecule has 0 saturated heterocycles. The minimum atomic E-state index is -1.84. The van der Waals surface area contributed by atoms with E-state index in [9.17, 15) is 0 Å². The van der Waals surface area contributed by atoms with Crippen molar-refractivity contribution in [3.05, 3.63) is 12.3 Å². The lowest BCUT2D eigenvalue weighted by molar-refractivity contribution is 0.267. The van der Waals surface area contributed by atoms with E-state index in [4.69, 9.17) is 8.85 Å². The molecule has 0 fully saturated rings. The van der Waals surface area contributed by atoms with Crippen LogP contribution in [0.2, 0.25) is 13.1 Å². The maximum atomic E-state index is 5.31. The summed E-state index contributed by atoms with van der Waals surface area (Å²) in [7, 11) is -0.178. The normalized spacial score (nSPS) is 11.1. The first-order valence-electron chi connectivity index (χ1n) is 2.87. The predicted octanol–water partition coefficient (Wildman–Crippen LogP) is 1.88. The van der Waals surface area contributed by atoms with Crippen LogP contribution in [0, 0.1) is 0 Å². The van der Waals surface area contributed by atoms with Gasteiger partial charge in [-0.25, -0.2) is 0 Å². The Hall–Kier alpha value is -0.283. The van der Waals surface area contributed by atoms with Crippen LogP contribution in [0.25, 0.3) is 0 Å². The van der Waals surface area contributed by atoms with E-state index in [1.807, 2.05) is 20.0 Å². The van der Waals surface area contributed by atoms with E-state index in [2.05, 4.69) is 6.58 Å². The van der Waals surface area contributed by atoms with Gasteiger partial charge in [-0.05, 0) is 20.0 Å². The third-order valence-electron chi connectivity index (χ3n) is 0.912. The summed E-state index contributed by atoms with van der Waals surface area (Å²) in [5, 5.41) is 0. The van der Waals surface area contributed by atoms with Crippen LogP contribution in [0.15, 0.2) is 12.3 Å². The topological polar surface area (TPSA) is 18.5 Å². The largest absolute Gasteiger partial charge is 0.525 e. The highest BCUT2D eigenvalue weighted by atomic mass is 28.4. The van der Waals surface area contributed by atoms with E-state index in [1.54, 1.807) is 7.11 Å². The molecule has 0 saturated carbocycles. The van der Waals surface area contributed by atoms with Gasteiger partial charge in [0.2, 0.25) is 0 Å². The molecule has 0 N–H and O–H groups in total. The zero-order valence-electron chi connectivity index (χ0n) is 6.52. The molecule has 0 spiro atoms. The van der Waals surface area contributed by atoms with Gasteiger partial charge in [-0.15, -0.1) is 0 Å². The lowest BCUT2D eigenvalue weighted by atomic mass is 10.7. The van der Waals surface area contributed by atoms with Crippen molar-refractivity contribution < 1.29 is 8.85 Å². The highest BCUT2D eigenvalue weighted by molar-refractivity contribution is 6.64. The fraction of sp³-hybridized carbons (Fsp3) is 0.667. The van der Waals surface area contributed by atoms with E-state index in [-0.39, 0.29) is 0 Å². The summed E-state index contributed by atoms with van der Waals surface area (Å²) in [4.78, 5) is 0. The molecule has 3 heteroatoms. The van der Waals surface area contributed by atoms with Crippen LogP contribution in [0.4, 0.5) is 0 Å². The monoisotopic (exact) mass is 146 g/mol. The molecule has 0 aliphatic heterocycles. The van der Waals surface area contributed by atoms with E-state index >= 15 is 0 Å². The number of hydrogen-bond donors (Lipinski definition) is 0. The lowest BCUT2D eigenvalue weighted by Gasteiger charge is -2.20. The zero-order valence-corrected chi connectivity index (χ0v) is 7.52. The Morgan fingerprint density at radius 3 is 2.00 bits per heavy atom. The molecular formula is C6H14O2Si. The van der Waals surface area contributed by atoms with Gasteiger partial charge in [-0.3, -0.25) is 0 Å². The Kier molecular flexibility index (Phi) is 2.94. The fourth-order valence-electron chi connectivity index (χ4n) is 0.461. The highest BCUT2D eigenvalue weighted by Gasteiger charge is 2.23. The Balaban J connectivity index is 3.71. The number of hydrogen-bond acceptors (Lipinski definition) is 2. The second-order valence-corrected chi connectivity index (χ2v) is 5.82. The molecule has 0 atom stereocenters. The summed E-state index contributed by atoms with van der Waals surface area (Å²) in [6.07, 6.45) is 0. The summed E-state index contributed by atoms with van der Waals surface area (Å²) in [5.74, 6) is 0.730. The summed E-state index contributed by atoms with van der Waals surface area (Å²) in [6.45, 7) is 9.40. The van der Waals surface area contributed by atoms with Crippen LogP contribution in [0.5, 0.6) is 0 Å². The van der Waals surface area contributed by atoms with E-state index in [0.29, 0.717) is 0 Å². The average molecular weight is 146 g/mol. The standard InChI is InChI=1S/C6H14O2Si/c1-6(2)8-9(4,5)7-3/h1H2,2-5H3. The molecule has 0 radical (unpaired) electrons. The summed E-state index contributed by atoms with van der Waals surface area (Å²) in [5.41, 5.74) is 0. The average Bonchev–Trinajstić information content (AvgIpc) is 1.63. The van der Waals surface area contributed by atoms with Crippen molar-refractivity contribution in [1.29, 1.82) is 0 Å². The Labute approximate surface area is 57.7 Å². The Morgan fingerprint density at radius 1 is 1.44 bits per heavy atom. The van der Waals surface area contributed by atoms with Gasteiger partial charge in [0.15, 0.2) is 0 Å². The molecule has 2 nitrogen and oxygen atoms in total. The maximum Gasteiger partial charge on any atom is 0.391 e. The smallest absolute Gasteiger partial charge is 0.391 e. The SMILES string of the molecule is C=C(C)O[Si](C)(C)OC. The van der Waals surface area contributed by atoms with Gasteiger partial charge in [0.1, 0.15) is 0 Å². The fourth-order valence-corrected chi connectivity index (χ4v) is 1.38. The third-order valence-corrected chi connectivity index (χ3v) is 2.73. The molecule has 9 heavy (non-hydrogen) atoms. The quantitative estimate of drug-likeness (QED) is 0.447. The van der Waals surface area contributed by atoms with Gasteiger partial charge in [0, 0.05) is 7.11 Å². The van der Waals surface area contributed by atoms with Gasteiger partial charge in [-0.2, -0.15) is 0 Å². The highest BCUT2D eigenvalue weighted by Crippen LogP contribution is 2.08. The van der Waals surface area contributed by atoms with Gasteiger partial charge < -0.3 is 8.85 Å². The predicted molar refractivity (Wildman–Crippen MR) is 40.4 cm³/mol. The summed E-state index contributed by atoms with van der Waals surface area (Å²) < 4.78 is 10.4. The van der Waals surface area contributed by atoms with Gasteiger partial charge in [-0.1, -0.05) is 6.58 Å². The molecule has 0 aliphatic carbocycles. The van der Waals surface area contributed by atoms with E-state index in [0.717, 1.165) is 5.76 Å². The number of rotatable bonds is 3. The molecule has 0 bridgehead atoms. The summed E-state index contributed by atoms with van der Waals surface area (Å²) >= 11 is 0. The molecular weight excluding hydrogens is 132 g/mol. The van der Waals surface area contributed by atoms with Crippen LogP contribution < -0.4 is 0 Å². The molecule has 0 aromatic rings. The minimum Gasteiger partial charge on any atom is -0.525 e. The minimum absolute atomic E-state index is 0.730. The van der Waals surface area contributed by atoms with Gasteiger partial charge in [0.25, 0.3) is 0 Å². The van der Waals surface area contributed by atoms with E-state index in [1.165, 1.54) is 0 Å². The van der Waals surface area contributed by atoms with Crippen molar-refractivity contribution in [1.82, 2.24) is 0 Å². The first-order valence-corrected chi connectivity index (χ1v) is 5.69. The maximum absolute atomic E-state index is 5.31.